The first-order valence-corrected chi connectivity index (χ1v) is 9.63. The van der Waals surface area contributed by atoms with Gasteiger partial charge in [0.15, 0.2) is 23.0 Å². The minimum Gasteiger partial charge on any atom is -0.497 e. The zero-order valence-electron chi connectivity index (χ0n) is 17.5. The molecule has 0 saturated carbocycles. The Morgan fingerprint density at radius 3 is 2.42 bits per heavy atom. The van der Waals surface area contributed by atoms with Gasteiger partial charge in [-0.1, -0.05) is 12.1 Å². The summed E-state index contributed by atoms with van der Waals surface area (Å²) in [7, 11) is 4.85. The number of pyridine rings is 2. The van der Waals surface area contributed by atoms with Crippen LogP contribution in [-0.4, -0.2) is 37.5 Å². The maximum Gasteiger partial charge on any atom is 0.161 e. The Bertz CT molecular complexity index is 1220. The number of hydrazone groups is 1. The predicted octanol–water partition coefficient (Wildman–Crippen LogP) is 4.77. The van der Waals surface area contributed by atoms with E-state index in [1.165, 1.54) is 0 Å². The maximum atomic E-state index is 5.35. The first-order chi connectivity index (χ1) is 15.2. The number of methoxy groups -OCH3 is 3. The summed E-state index contributed by atoms with van der Waals surface area (Å²) in [6.07, 6.45) is 3.42. The number of nitrogens with one attached hydrogen (secondary N) is 1. The average Bonchev–Trinajstić information content (AvgIpc) is 2.83. The lowest BCUT2D eigenvalue weighted by atomic mass is 10.0. The number of hydrogen-bond acceptors (Lipinski definition) is 7. The number of rotatable bonds is 7. The molecule has 0 atom stereocenters. The average molecular weight is 414 g/mol. The Morgan fingerprint density at radius 2 is 1.68 bits per heavy atom. The van der Waals surface area contributed by atoms with E-state index >= 15 is 0 Å². The standard InChI is InChI=1S/C24H22N4O3/c1-29-19-9-7-17(8-10-19)20-14-18-5-4-12-25-23(18)27-24(20)28-26-15-16-6-11-21(30-2)22(13-16)31-3/h4-15H,1-3H3,(H,25,27,28)/b26-15+. The second kappa shape index (κ2) is 9.13. The summed E-state index contributed by atoms with van der Waals surface area (Å²) in [6, 6.07) is 19.3. The van der Waals surface area contributed by atoms with E-state index in [1.54, 1.807) is 33.7 Å². The molecule has 4 aromatic rings. The van der Waals surface area contributed by atoms with Crippen LogP contribution in [0.1, 0.15) is 5.56 Å². The summed E-state index contributed by atoms with van der Waals surface area (Å²) < 4.78 is 15.9. The topological polar surface area (TPSA) is 77.9 Å². The van der Waals surface area contributed by atoms with Gasteiger partial charge in [-0.15, -0.1) is 0 Å². The molecule has 0 aliphatic heterocycles. The fraction of sp³-hybridized carbons (Fsp3) is 0.125. The van der Waals surface area contributed by atoms with E-state index in [1.807, 2.05) is 60.7 Å². The summed E-state index contributed by atoms with van der Waals surface area (Å²) in [4.78, 5) is 9.03. The predicted molar refractivity (Wildman–Crippen MR) is 122 cm³/mol. The van der Waals surface area contributed by atoms with Crippen molar-refractivity contribution >= 4 is 23.1 Å². The highest BCUT2D eigenvalue weighted by Gasteiger charge is 2.10. The SMILES string of the molecule is COc1ccc(-c2cc3cccnc3nc2N/N=C/c2ccc(OC)c(OC)c2)cc1. The summed E-state index contributed by atoms with van der Waals surface area (Å²) in [5.74, 6) is 2.70. The third kappa shape index (κ3) is 4.40. The molecule has 2 heterocycles. The fourth-order valence-electron chi connectivity index (χ4n) is 3.18. The van der Waals surface area contributed by atoms with Gasteiger partial charge in [0.05, 0.1) is 27.5 Å². The van der Waals surface area contributed by atoms with Gasteiger partial charge < -0.3 is 14.2 Å². The number of benzene rings is 2. The van der Waals surface area contributed by atoms with E-state index in [4.69, 9.17) is 14.2 Å². The lowest BCUT2D eigenvalue weighted by Gasteiger charge is -2.11. The summed E-state index contributed by atoms with van der Waals surface area (Å²) in [6.45, 7) is 0. The molecule has 2 aromatic heterocycles. The first kappa shape index (κ1) is 20.2. The van der Waals surface area contributed by atoms with Crippen LogP contribution in [0.5, 0.6) is 17.2 Å². The van der Waals surface area contributed by atoms with Gasteiger partial charge in [0.2, 0.25) is 0 Å². The molecule has 7 heteroatoms. The molecule has 0 saturated heterocycles. The quantitative estimate of drug-likeness (QED) is 0.347. The third-order valence-corrected chi connectivity index (χ3v) is 4.78. The van der Waals surface area contributed by atoms with Crippen LogP contribution in [0.2, 0.25) is 0 Å². The molecule has 0 aliphatic rings. The smallest absolute Gasteiger partial charge is 0.161 e. The molecular weight excluding hydrogens is 392 g/mol. The molecular formula is C24H22N4O3. The van der Waals surface area contributed by atoms with Gasteiger partial charge in [-0.3, -0.25) is 5.43 Å². The number of ether oxygens (including phenoxy) is 3. The van der Waals surface area contributed by atoms with Gasteiger partial charge in [-0.25, -0.2) is 9.97 Å². The van der Waals surface area contributed by atoms with E-state index < -0.39 is 0 Å². The van der Waals surface area contributed by atoms with Gasteiger partial charge in [0.1, 0.15) is 5.75 Å². The van der Waals surface area contributed by atoms with Crippen molar-refractivity contribution < 1.29 is 14.2 Å². The van der Waals surface area contributed by atoms with Gasteiger partial charge >= 0.3 is 0 Å². The highest BCUT2D eigenvalue weighted by Crippen LogP contribution is 2.31. The lowest BCUT2D eigenvalue weighted by Crippen LogP contribution is -1.99. The minimum absolute atomic E-state index is 0.605. The molecule has 0 amide bonds. The maximum absolute atomic E-state index is 5.35. The third-order valence-electron chi connectivity index (χ3n) is 4.78. The number of hydrogen-bond donors (Lipinski definition) is 1. The number of aromatic nitrogens is 2. The second-order valence-electron chi connectivity index (χ2n) is 6.65. The Balaban J connectivity index is 1.68. The van der Waals surface area contributed by atoms with Gasteiger partial charge in [0, 0.05) is 17.1 Å². The van der Waals surface area contributed by atoms with Crippen LogP contribution < -0.4 is 19.6 Å². The highest BCUT2D eigenvalue weighted by atomic mass is 16.5. The van der Waals surface area contributed by atoms with Crippen molar-refractivity contribution in [2.75, 3.05) is 26.8 Å². The Labute approximate surface area is 180 Å². The molecule has 4 rings (SSSR count). The monoisotopic (exact) mass is 414 g/mol. The summed E-state index contributed by atoms with van der Waals surface area (Å²) in [5, 5.41) is 5.33. The van der Waals surface area contributed by atoms with E-state index in [0.717, 1.165) is 27.8 Å². The molecule has 7 nitrogen and oxygen atoms in total. The van der Waals surface area contributed by atoms with Crippen LogP contribution in [-0.2, 0) is 0 Å². The van der Waals surface area contributed by atoms with Crippen LogP contribution in [0.3, 0.4) is 0 Å². The Hall–Kier alpha value is -4.13. The molecule has 31 heavy (non-hydrogen) atoms. The van der Waals surface area contributed by atoms with E-state index in [9.17, 15) is 0 Å². The molecule has 0 unspecified atom stereocenters. The van der Waals surface area contributed by atoms with Crippen LogP contribution in [0, 0.1) is 0 Å². The number of nitrogens with zero attached hydrogens (tertiary/aromatic N) is 3. The number of anilines is 1. The van der Waals surface area contributed by atoms with Crippen molar-refractivity contribution in [3.05, 3.63) is 72.4 Å². The van der Waals surface area contributed by atoms with E-state index in [0.29, 0.717) is 23.0 Å². The molecule has 0 fully saturated rings. The van der Waals surface area contributed by atoms with Crippen LogP contribution in [0.15, 0.2) is 72.0 Å². The molecule has 0 spiro atoms. The minimum atomic E-state index is 0.605. The molecule has 2 aromatic carbocycles. The van der Waals surface area contributed by atoms with E-state index in [-0.39, 0.29) is 0 Å². The van der Waals surface area contributed by atoms with Crippen molar-refractivity contribution in [1.82, 2.24) is 9.97 Å². The summed E-state index contributed by atoms with van der Waals surface area (Å²) in [5.41, 5.74) is 6.46. The van der Waals surface area contributed by atoms with Crippen LogP contribution in [0.4, 0.5) is 5.82 Å². The zero-order valence-corrected chi connectivity index (χ0v) is 17.5. The molecule has 0 aliphatic carbocycles. The Kier molecular flexibility index (Phi) is 5.93. The summed E-state index contributed by atoms with van der Waals surface area (Å²) >= 11 is 0. The largest absolute Gasteiger partial charge is 0.497 e. The molecule has 1 N–H and O–H groups in total. The van der Waals surface area contributed by atoms with E-state index in [2.05, 4.69) is 20.5 Å². The van der Waals surface area contributed by atoms with Crippen molar-refractivity contribution in [2.24, 2.45) is 5.10 Å². The van der Waals surface area contributed by atoms with Gasteiger partial charge in [-0.2, -0.15) is 5.10 Å². The van der Waals surface area contributed by atoms with Gasteiger partial charge in [0.25, 0.3) is 0 Å². The highest BCUT2D eigenvalue weighted by molar-refractivity contribution is 5.88. The van der Waals surface area contributed by atoms with Crippen molar-refractivity contribution in [1.29, 1.82) is 0 Å². The van der Waals surface area contributed by atoms with Crippen LogP contribution >= 0.6 is 0 Å². The zero-order chi connectivity index (χ0) is 21.6. The normalized spacial score (nSPS) is 10.9. The molecule has 156 valence electrons. The lowest BCUT2D eigenvalue weighted by molar-refractivity contribution is 0.355. The first-order valence-electron chi connectivity index (χ1n) is 9.63. The van der Waals surface area contributed by atoms with Crippen molar-refractivity contribution in [2.45, 2.75) is 0 Å². The fourth-order valence-corrected chi connectivity index (χ4v) is 3.18. The van der Waals surface area contributed by atoms with Gasteiger partial charge in [-0.05, 0) is 59.7 Å². The second-order valence-corrected chi connectivity index (χ2v) is 6.65. The van der Waals surface area contributed by atoms with Crippen molar-refractivity contribution in [3.63, 3.8) is 0 Å². The van der Waals surface area contributed by atoms with Crippen LogP contribution in [0.25, 0.3) is 22.2 Å². The van der Waals surface area contributed by atoms with Crippen molar-refractivity contribution in [3.8, 4) is 28.4 Å². The Morgan fingerprint density at radius 1 is 0.871 bits per heavy atom. The molecule has 0 radical (unpaired) electrons. The number of fused-ring (bicyclic) bond motifs is 1. The molecule has 0 bridgehead atoms.